The van der Waals surface area contributed by atoms with Crippen LogP contribution in [-0.4, -0.2) is 12.1 Å². The molecule has 4 N–H and O–H groups in total. The Labute approximate surface area is 219 Å². The third-order valence-electron chi connectivity index (χ3n) is 6.48. The molecule has 4 amide bonds. The average Bonchev–Trinajstić information content (AvgIpc) is 2.94. The van der Waals surface area contributed by atoms with E-state index in [9.17, 15) is 9.59 Å². The Hall–Kier alpha value is -5.36. The highest BCUT2D eigenvalue weighted by molar-refractivity contribution is 6.15. The molecule has 0 aromatic heterocycles. The van der Waals surface area contributed by atoms with Crippen molar-refractivity contribution in [1.82, 2.24) is 0 Å². The lowest BCUT2D eigenvalue weighted by molar-refractivity contribution is 0.261. The Morgan fingerprint density at radius 1 is 0.368 bits per heavy atom. The van der Waals surface area contributed by atoms with Crippen LogP contribution in [0, 0.1) is 0 Å². The van der Waals surface area contributed by atoms with Crippen LogP contribution >= 0.6 is 0 Å². The number of anilines is 4. The molecule has 0 aliphatic rings. The molecule has 0 saturated carbocycles. The molecule has 6 heteroatoms. The van der Waals surface area contributed by atoms with Crippen molar-refractivity contribution in [1.29, 1.82) is 0 Å². The summed E-state index contributed by atoms with van der Waals surface area (Å²) in [4.78, 5) is 26.1. The molecule has 0 aliphatic carbocycles. The van der Waals surface area contributed by atoms with Gasteiger partial charge in [-0.15, -0.1) is 0 Å². The van der Waals surface area contributed by atoms with Crippen LogP contribution in [0.5, 0.6) is 0 Å². The fraction of sp³-hybridized carbons (Fsp3) is 0. The largest absolute Gasteiger partial charge is 0.323 e. The van der Waals surface area contributed by atoms with Crippen molar-refractivity contribution < 1.29 is 9.59 Å². The van der Waals surface area contributed by atoms with E-state index in [1.807, 2.05) is 121 Å². The molecule has 0 aliphatic heterocycles. The van der Waals surface area contributed by atoms with Crippen LogP contribution in [0.2, 0.25) is 0 Å². The predicted molar refractivity (Wildman–Crippen MR) is 157 cm³/mol. The normalized spacial score (nSPS) is 10.8. The molecule has 0 unspecified atom stereocenters. The van der Waals surface area contributed by atoms with E-state index in [4.69, 9.17) is 0 Å². The van der Waals surface area contributed by atoms with E-state index in [1.54, 1.807) is 0 Å². The van der Waals surface area contributed by atoms with Gasteiger partial charge in [-0.25, -0.2) is 9.59 Å². The van der Waals surface area contributed by atoms with Crippen molar-refractivity contribution in [2.45, 2.75) is 0 Å². The second-order valence-corrected chi connectivity index (χ2v) is 8.92. The van der Waals surface area contributed by atoms with E-state index in [1.165, 1.54) is 0 Å². The molecule has 6 aromatic carbocycles. The molecular weight excluding hydrogens is 472 g/mol. The molecule has 0 heterocycles. The first-order chi connectivity index (χ1) is 18.7. The van der Waals surface area contributed by atoms with Crippen LogP contribution in [0.25, 0.3) is 32.3 Å². The van der Waals surface area contributed by atoms with Gasteiger partial charge in [0.25, 0.3) is 0 Å². The lowest BCUT2D eigenvalue weighted by atomic mass is 10.1. The summed E-state index contributed by atoms with van der Waals surface area (Å²) in [5, 5.41) is 17.5. The molecule has 0 radical (unpaired) electrons. The fourth-order valence-corrected chi connectivity index (χ4v) is 4.77. The number of fused-ring (bicyclic) bond motifs is 3. The summed E-state index contributed by atoms with van der Waals surface area (Å²) >= 11 is 0. The summed E-state index contributed by atoms with van der Waals surface area (Å²) in [6.07, 6.45) is 0. The third-order valence-corrected chi connectivity index (χ3v) is 6.48. The Bertz CT molecular complexity index is 1690. The van der Waals surface area contributed by atoms with Gasteiger partial charge >= 0.3 is 12.1 Å². The molecule has 6 aromatic rings. The first-order valence-corrected chi connectivity index (χ1v) is 12.3. The predicted octanol–water partition coefficient (Wildman–Crippen LogP) is 8.43. The summed E-state index contributed by atoms with van der Waals surface area (Å²) in [6, 6.07) is 37.9. The Morgan fingerprint density at radius 2 is 0.711 bits per heavy atom. The molecule has 6 nitrogen and oxygen atoms in total. The summed E-state index contributed by atoms with van der Waals surface area (Å²) < 4.78 is 0. The zero-order valence-electron chi connectivity index (χ0n) is 20.4. The number of hydrogen-bond acceptors (Lipinski definition) is 2. The van der Waals surface area contributed by atoms with Gasteiger partial charge < -0.3 is 21.3 Å². The second-order valence-electron chi connectivity index (χ2n) is 8.92. The number of amides is 4. The van der Waals surface area contributed by atoms with Crippen molar-refractivity contribution >= 4 is 67.1 Å². The van der Waals surface area contributed by atoms with E-state index in [-0.39, 0.29) is 12.1 Å². The van der Waals surface area contributed by atoms with E-state index in [0.29, 0.717) is 22.7 Å². The van der Waals surface area contributed by atoms with Crippen molar-refractivity contribution in [2.75, 3.05) is 21.3 Å². The number of rotatable bonds is 4. The summed E-state index contributed by atoms with van der Waals surface area (Å²) in [5.41, 5.74) is 2.60. The van der Waals surface area contributed by atoms with Gasteiger partial charge in [0.2, 0.25) is 0 Å². The lowest BCUT2D eigenvalue weighted by Crippen LogP contribution is -2.21. The van der Waals surface area contributed by atoms with Gasteiger partial charge in [-0.2, -0.15) is 0 Å². The zero-order chi connectivity index (χ0) is 25.9. The van der Waals surface area contributed by atoms with Gasteiger partial charge in [0.1, 0.15) is 0 Å². The number of urea groups is 2. The first-order valence-electron chi connectivity index (χ1n) is 12.3. The number of benzene rings is 6. The molecular formula is C32H24N4O2. The molecule has 0 fully saturated rings. The lowest BCUT2D eigenvalue weighted by Gasteiger charge is -2.15. The second kappa shape index (κ2) is 9.95. The fourth-order valence-electron chi connectivity index (χ4n) is 4.77. The average molecular weight is 497 g/mol. The van der Waals surface area contributed by atoms with Gasteiger partial charge in [-0.3, -0.25) is 0 Å². The Kier molecular flexibility index (Phi) is 6.04. The number of nitrogens with one attached hydrogen (secondary N) is 4. The minimum Gasteiger partial charge on any atom is -0.307 e. The monoisotopic (exact) mass is 496 g/mol. The quantitative estimate of drug-likeness (QED) is 0.197. The highest BCUT2D eigenvalue weighted by Gasteiger charge is 2.13. The van der Waals surface area contributed by atoms with E-state index >= 15 is 0 Å². The van der Waals surface area contributed by atoms with Crippen molar-refractivity contribution in [3.05, 3.63) is 121 Å². The van der Waals surface area contributed by atoms with Gasteiger partial charge in [-0.1, -0.05) is 97.1 Å². The molecule has 38 heavy (non-hydrogen) atoms. The zero-order valence-corrected chi connectivity index (χ0v) is 20.4. The highest BCUT2D eigenvalue weighted by Crippen LogP contribution is 2.32. The SMILES string of the molecule is O=C(Nc1cccc2ccccc12)Nc1cccc2cccc(NC(=O)Nc3cccc4ccccc34)c12. The van der Waals surface area contributed by atoms with Crippen LogP contribution in [-0.2, 0) is 0 Å². The van der Waals surface area contributed by atoms with E-state index in [0.717, 1.165) is 32.3 Å². The van der Waals surface area contributed by atoms with Crippen LogP contribution in [0.1, 0.15) is 0 Å². The maximum atomic E-state index is 13.0. The molecule has 0 spiro atoms. The van der Waals surface area contributed by atoms with Crippen molar-refractivity contribution in [3.63, 3.8) is 0 Å². The van der Waals surface area contributed by atoms with Crippen molar-refractivity contribution in [3.8, 4) is 0 Å². The van der Waals surface area contributed by atoms with Crippen LogP contribution in [0.15, 0.2) is 121 Å². The Balaban J connectivity index is 1.26. The molecule has 0 bridgehead atoms. The van der Waals surface area contributed by atoms with Crippen molar-refractivity contribution in [2.24, 2.45) is 0 Å². The third kappa shape index (κ3) is 4.58. The summed E-state index contributed by atoms with van der Waals surface area (Å²) in [6.45, 7) is 0. The minimum atomic E-state index is -0.371. The topological polar surface area (TPSA) is 82.3 Å². The maximum absolute atomic E-state index is 13.0. The number of hydrogen-bond donors (Lipinski definition) is 4. The van der Waals surface area contributed by atoms with E-state index in [2.05, 4.69) is 21.3 Å². The molecule has 0 atom stereocenters. The molecule has 6 rings (SSSR count). The van der Waals surface area contributed by atoms with Crippen LogP contribution in [0.3, 0.4) is 0 Å². The highest BCUT2D eigenvalue weighted by atomic mass is 16.2. The van der Waals surface area contributed by atoms with Gasteiger partial charge in [0, 0.05) is 16.2 Å². The molecule has 184 valence electrons. The van der Waals surface area contributed by atoms with E-state index < -0.39 is 0 Å². The Morgan fingerprint density at radius 3 is 1.18 bits per heavy atom. The van der Waals surface area contributed by atoms with Gasteiger partial charge in [0.05, 0.1) is 22.7 Å². The van der Waals surface area contributed by atoms with Gasteiger partial charge in [-0.05, 0) is 40.4 Å². The summed E-state index contributed by atoms with van der Waals surface area (Å²) in [5.74, 6) is 0. The van der Waals surface area contributed by atoms with Crippen LogP contribution < -0.4 is 21.3 Å². The van der Waals surface area contributed by atoms with Crippen LogP contribution in [0.4, 0.5) is 32.3 Å². The maximum Gasteiger partial charge on any atom is 0.323 e. The smallest absolute Gasteiger partial charge is 0.307 e. The summed E-state index contributed by atoms with van der Waals surface area (Å²) in [7, 11) is 0. The first kappa shape index (κ1) is 23.1. The standard InChI is InChI=1S/C32H24N4O2/c37-31(33-26-17-5-11-21-9-1-3-15-24(21)26)35-28-19-7-13-23-14-8-20-29(30(23)28)36-32(38)34-27-18-6-12-22-10-2-4-16-25(22)27/h1-20H,(H2,33,35,37)(H2,34,36,38). The number of carbonyl (C=O) groups excluding carboxylic acids is 2. The minimum absolute atomic E-state index is 0.371. The molecule has 0 saturated heterocycles. The number of carbonyl (C=O) groups is 2. The van der Waals surface area contributed by atoms with Gasteiger partial charge in [0.15, 0.2) is 0 Å².